The molecule has 0 aromatic heterocycles. The molecule has 10 heteroatoms. The van der Waals surface area contributed by atoms with Gasteiger partial charge in [0.1, 0.15) is 12.3 Å². The highest BCUT2D eigenvalue weighted by molar-refractivity contribution is 7.86. The Morgan fingerprint density at radius 3 is 2.00 bits per heavy atom. The second kappa shape index (κ2) is 15.2. The van der Waals surface area contributed by atoms with Crippen LogP contribution in [0, 0.1) is 0 Å². The minimum Gasteiger partial charge on any atom is -0.343 e. The topological polar surface area (TPSA) is 118 Å². The van der Waals surface area contributed by atoms with Crippen molar-refractivity contribution in [2.45, 2.75) is 64.2 Å². The van der Waals surface area contributed by atoms with E-state index in [1.165, 1.54) is 16.5 Å². The van der Waals surface area contributed by atoms with Crippen LogP contribution in [0.4, 0.5) is 11.4 Å². The molecular weight excluding hydrogens is 705 g/mol. The average molecular weight is 755 g/mol. The predicted octanol–water partition coefficient (Wildman–Crippen LogP) is 8.22. The first-order valence-corrected chi connectivity index (χ1v) is 21.5. The van der Waals surface area contributed by atoms with Gasteiger partial charge in [-0.25, -0.2) is 0 Å². The lowest BCUT2D eigenvalue weighted by molar-refractivity contribution is -0.436. The fourth-order valence-corrected chi connectivity index (χ4v) is 9.11. The SMILES string of the molecule is CC1(C)C(/C=C/C=C/C=C/C=C2/N(CCCCS(=O)(=O)O)c3c(ccc4ccccc34)C2(C)C)=[N+](CCCCS(=O)(=O)[OH2+])c2c1ccc1ccccc21. The summed E-state index contributed by atoms with van der Waals surface area (Å²) in [6.45, 7) is 10.2. The molecule has 278 valence electrons. The van der Waals surface area contributed by atoms with E-state index in [-0.39, 0.29) is 22.3 Å². The summed E-state index contributed by atoms with van der Waals surface area (Å²) in [7, 11) is -7.78. The van der Waals surface area contributed by atoms with E-state index in [0.717, 1.165) is 38.9 Å². The summed E-state index contributed by atoms with van der Waals surface area (Å²) in [6, 6.07) is 25.4. The number of rotatable bonds is 14. The van der Waals surface area contributed by atoms with E-state index in [2.05, 4.69) is 104 Å². The van der Waals surface area contributed by atoms with Gasteiger partial charge in [-0.05, 0) is 61.6 Å². The van der Waals surface area contributed by atoms with Gasteiger partial charge in [0.05, 0.1) is 22.2 Å². The maximum absolute atomic E-state index is 11.5. The molecule has 0 fully saturated rings. The van der Waals surface area contributed by atoms with Gasteiger partial charge >= 0.3 is 10.1 Å². The molecule has 4 aromatic carbocycles. The second-order valence-electron chi connectivity index (χ2n) is 15.0. The van der Waals surface area contributed by atoms with Crippen molar-refractivity contribution in [2.24, 2.45) is 0 Å². The average Bonchev–Trinajstić information content (AvgIpc) is 3.45. The van der Waals surface area contributed by atoms with Crippen molar-refractivity contribution in [1.29, 1.82) is 0 Å². The number of nitrogens with zero attached hydrogens (tertiary/aromatic N) is 2. The van der Waals surface area contributed by atoms with Crippen LogP contribution in [0.25, 0.3) is 21.5 Å². The van der Waals surface area contributed by atoms with Gasteiger partial charge in [0.25, 0.3) is 10.1 Å². The second-order valence-corrected chi connectivity index (χ2v) is 18.2. The number of unbranched alkanes of at least 4 members (excludes halogenated alkanes) is 2. The van der Waals surface area contributed by atoms with E-state index in [9.17, 15) is 21.4 Å². The van der Waals surface area contributed by atoms with Crippen LogP contribution in [0.2, 0.25) is 0 Å². The van der Waals surface area contributed by atoms with Gasteiger partial charge in [0, 0.05) is 41.1 Å². The Morgan fingerprint density at radius 1 is 0.698 bits per heavy atom. The smallest absolute Gasteiger partial charge is 0.343 e. The maximum Gasteiger partial charge on any atom is 0.377 e. The van der Waals surface area contributed by atoms with Crippen molar-refractivity contribution in [3.8, 4) is 0 Å². The quantitative estimate of drug-likeness (QED) is 0.0456. The van der Waals surface area contributed by atoms with Crippen LogP contribution in [0.3, 0.4) is 0 Å². The lowest BCUT2D eigenvalue weighted by Crippen LogP contribution is -2.28. The monoisotopic (exact) mass is 754 g/mol. The van der Waals surface area contributed by atoms with Crippen molar-refractivity contribution in [2.75, 3.05) is 29.5 Å². The van der Waals surface area contributed by atoms with Gasteiger partial charge in [-0.2, -0.15) is 21.4 Å². The molecule has 2 aliphatic rings. The summed E-state index contributed by atoms with van der Waals surface area (Å²) in [4.78, 5) is 2.31. The van der Waals surface area contributed by atoms with Crippen molar-refractivity contribution in [3.63, 3.8) is 0 Å². The van der Waals surface area contributed by atoms with Gasteiger partial charge in [-0.1, -0.05) is 111 Å². The molecule has 0 amide bonds. The summed E-state index contributed by atoms with van der Waals surface area (Å²) >= 11 is 0. The molecule has 0 saturated heterocycles. The number of hydrogen-bond donors (Lipinski definition) is 1. The molecule has 53 heavy (non-hydrogen) atoms. The van der Waals surface area contributed by atoms with E-state index in [4.69, 9.17) is 4.55 Å². The van der Waals surface area contributed by atoms with Crippen LogP contribution < -0.4 is 4.90 Å². The van der Waals surface area contributed by atoms with E-state index < -0.39 is 20.2 Å². The zero-order valence-electron chi connectivity index (χ0n) is 30.9. The Balaban J connectivity index is 1.26. The molecular formula is C43H50N2O6S2+2. The van der Waals surface area contributed by atoms with Crippen molar-refractivity contribution in [3.05, 3.63) is 132 Å². The van der Waals surface area contributed by atoms with Crippen LogP contribution >= 0.6 is 0 Å². The summed E-state index contributed by atoms with van der Waals surface area (Å²) in [6.07, 6.45) is 16.5. The van der Waals surface area contributed by atoms with Crippen LogP contribution in [0.15, 0.2) is 121 Å². The van der Waals surface area contributed by atoms with Crippen molar-refractivity contribution >= 4 is 58.9 Å². The molecule has 4 aromatic rings. The van der Waals surface area contributed by atoms with Crippen LogP contribution in [-0.4, -0.2) is 60.8 Å². The highest BCUT2D eigenvalue weighted by Gasteiger charge is 2.45. The lowest BCUT2D eigenvalue weighted by atomic mass is 9.80. The first kappa shape index (κ1) is 38.4. The molecule has 0 saturated carbocycles. The number of anilines is 1. The fourth-order valence-electron chi connectivity index (χ4n) is 7.96. The molecule has 3 N–H and O–H groups in total. The van der Waals surface area contributed by atoms with Crippen LogP contribution in [0.5, 0.6) is 0 Å². The summed E-state index contributed by atoms with van der Waals surface area (Å²) in [5.74, 6) is -0.397. The van der Waals surface area contributed by atoms with E-state index >= 15 is 0 Å². The van der Waals surface area contributed by atoms with Crippen LogP contribution in [-0.2, 0) is 31.1 Å². The third-order valence-electron chi connectivity index (χ3n) is 10.6. The maximum atomic E-state index is 11.5. The molecule has 8 nitrogen and oxygen atoms in total. The molecule has 0 bridgehead atoms. The summed E-state index contributed by atoms with van der Waals surface area (Å²) in [5, 5.41) is 4.63. The highest BCUT2D eigenvalue weighted by Crippen LogP contribution is 2.51. The van der Waals surface area contributed by atoms with E-state index in [0.29, 0.717) is 38.8 Å². The van der Waals surface area contributed by atoms with Crippen molar-refractivity contribution < 1.29 is 30.5 Å². The normalized spacial score (nSPS) is 17.8. The Morgan fingerprint density at radius 2 is 1.30 bits per heavy atom. The minimum atomic E-state index is -4.01. The Labute approximate surface area is 314 Å². The molecule has 0 atom stereocenters. The molecule has 0 unspecified atom stereocenters. The summed E-state index contributed by atoms with van der Waals surface area (Å²) in [5.41, 5.74) is 6.46. The molecule has 2 aliphatic heterocycles. The Bertz CT molecular complexity index is 2420. The number of fused-ring (bicyclic) bond motifs is 6. The van der Waals surface area contributed by atoms with Crippen LogP contribution in [0.1, 0.15) is 64.5 Å². The third kappa shape index (κ3) is 8.26. The van der Waals surface area contributed by atoms with Gasteiger partial charge in [0.15, 0.2) is 5.71 Å². The van der Waals surface area contributed by atoms with Gasteiger partial charge in [-0.15, -0.1) is 0 Å². The van der Waals surface area contributed by atoms with Gasteiger partial charge in [0.2, 0.25) is 5.69 Å². The van der Waals surface area contributed by atoms with E-state index in [1.807, 2.05) is 48.6 Å². The van der Waals surface area contributed by atoms with Crippen molar-refractivity contribution in [1.82, 2.24) is 0 Å². The molecule has 0 radical (unpaired) electrons. The number of hydrogen-bond acceptors (Lipinski definition) is 5. The zero-order chi connectivity index (χ0) is 38.0. The number of allylic oxidation sites excluding steroid dienone is 8. The minimum absolute atomic E-state index is 0.144. The fraction of sp³-hybridized carbons (Fsp3) is 0.326. The highest BCUT2D eigenvalue weighted by atomic mass is 32.2. The first-order chi connectivity index (χ1) is 25.1. The molecule has 2 heterocycles. The third-order valence-corrected chi connectivity index (χ3v) is 12.2. The lowest BCUT2D eigenvalue weighted by Gasteiger charge is -2.27. The predicted molar refractivity (Wildman–Crippen MR) is 219 cm³/mol. The Kier molecular flexibility index (Phi) is 11.0. The largest absolute Gasteiger partial charge is 0.377 e. The first-order valence-electron chi connectivity index (χ1n) is 18.2. The summed E-state index contributed by atoms with van der Waals surface area (Å²) < 4.78 is 64.8. The Hall–Kier alpha value is -4.35. The zero-order valence-corrected chi connectivity index (χ0v) is 32.6. The van der Waals surface area contributed by atoms with E-state index in [1.54, 1.807) is 0 Å². The molecule has 6 rings (SSSR count). The molecule has 0 spiro atoms. The van der Waals surface area contributed by atoms with Gasteiger partial charge < -0.3 is 9.45 Å². The molecule has 0 aliphatic carbocycles. The number of benzene rings is 4. The van der Waals surface area contributed by atoms with Gasteiger partial charge in [-0.3, -0.25) is 4.55 Å². The standard InChI is InChI=1S/C43H48N2O6S2/c1-42(2)36-26-24-32-18-10-12-20-34(32)40(36)44(28-14-16-30-52(46,47)48)38(42)22-8-6-5-7-9-23-39-43(3,4)37-27-25-33-19-11-13-21-35(33)41(37)45(39)29-15-17-31-53(49,50)51/h5-13,18-27H,14-17,28-31H2,1-4H3,(H-,46,47,48,49,50,51)/p+2.